The number of carbonyl (C=O) groups excluding carboxylic acids is 1. The molecule has 0 aliphatic carbocycles. The van der Waals surface area contributed by atoms with Gasteiger partial charge in [0.25, 0.3) is 0 Å². The summed E-state index contributed by atoms with van der Waals surface area (Å²) in [7, 11) is 0. The van der Waals surface area contributed by atoms with Gasteiger partial charge in [-0.3, -0.25) is 4.79 Å². The highest BCUT2D eigenvalue weighted by molar-refractivity contribution is 5.96. The molecule has 0 spiro atoms. The summed E-state index contributed by atoms with van der Waals surface area (Å²) in [5.41, 5.74) is 2.13. The van der Waals surface area contributed by atoms with E-state index in [4.69, 9.17) is 5.26 Å². The summed E-state index contributed by atoms with van der Waals surface area (Å²) in [6, 6.07) is 10.1. The molecule has 1 atom stereocenters. The third-order valence-corrected chi connectivity index (χ3v) is 2.97. The van der Waals surface area contributed by atoms with Crippen molar-refractivity contribution in [3.63, 3.8) is 0 Å². The Morgan fingerprint density at radius 1 is 1.50 bits per heavy atom. The topological polar surface area (TPSA) is 44.1 Å². The molecule has 1 saturated heterocycles. The molecule has 82 valence electrons. The van der Waals surface area contributed by atoms with Crippen LogP contribution in [-0.2, 0) is 11.2 Å². The fourth-order valence-corrected chi connectivity index (χ4v) is 2.10. The number of para-hydroxylation sites is 1. The second kappa shape index (κ2) is 4.36. The summed E-state index contributed by atoms with van der Waals surface area (Å²) in [4.78, 5) is 13.5. The van der Waals surface area contributed by atoms with Crippen LogP contribution in [-0.4, -0.2) is 12.5 Å². The lowest BCUT2D eigenvalue weighted by molar-refractivity contribution is -0.117. The Balaban J connectivity index is 2.31. The number of aryl methyl sites for hydroxylation is 1. The van der Waals surface area contributed by atoms with E-state index in [1.807, 2.05) is 24.3 Å². The molecule has 0 saturated carbocycles. The minimum absolute atomic E-state index is 0.0625. The molecule has 3 heteroatoms. The van der Waals surface area contributed by atoms with Crippen molar-refractivity contribution in [1.29, 1.82) is 5.26 Å². The van der Waals surface area contributed by atoms with Crippen molar-refractivity contribution in [3.05, 3.63) is 29.8 Å². The number of rotatable bonds is 2. The van der Waals surface area contributed by atoms with E-state index in [-0.39, 0.29) is 11.8 Å². The fourth-order valence-electron chi connectivity index (χ4n) is 2.10. The summed E-state index contributed by atoms with van der Waals surface area (Å²) in [5.74, 6) is -0.0927. The molecule has 1 aromatic rings. The normalized spacial score (nSPS) is 19.9. The van der Waals surface area contributed by atoms with Gasteiger partial charge in [-0.25, -0.2) is 0 Å². The van der Waals surface area contributed by atoms with Crippen LogP contribution in [0, 0.1) is 17.2 Å². The SMILES string of the molecule is CCc1ccccc1N1CC(C#N)CC1=O. The molecule has 1 aromatic carbocycles. The number of nitriles is 1. The highest BCUT2D eigenvalue weighted by atomic mass is 16.2. The Kier molecular flexibility index (Phi) is 2.91. The minimum atomic E-state index is -0.155. The number of benzene rings is 1. The Hall–Kier alpha value is -1.82. The van der Waals surface area contributed by atoms with E-state index in [1.54, 1.807) is 4.90 Å². The maximum Gasteiger partial charge on any atom is 0.228 e. The molecule has 0 bridgehead atoms. The van der Waals surface area contributed by atoms with Gasteiger partial charge in [0.15, 0.2) is 0 Å². The Morgan fingerprint density at radius 3 is 2.88 bits per heavy atom. The van der Waals surface area contributed by atoms with Crippen LogP contribution in [0.2, 0.25) is 0 Å². The van der Waals surface area contributed by atoms with Crippen molar-refractivity contribution in [2.24, 2.45) is 5.92 Å². The molecule has 1 amide bonds. The predicted octanol–water partition coefficient (Wildman–Crippen LogP) is 2.13. The standard InChI is InChI=1S/C13H14N2O/c1-2-11-5-3-4-6-12(11)15-9-10(8-14)7-13(15)16/h3-6,10H,2,7,9H2,1H3. The number of anilines is 1. The lowest BCUT2D eigenvalue weighted by Crippen LogP contribution is -2.25. The van der Waals surface area contributed by atoms with Crippen LogP contribution in [0.5, 0.6) is 0 Å². The highest BCUT2D eigenvalue weighted by Gasteiger charge is 2.31. The van der Waals surface area contributed by atoms with Crippen LogP contribution in [0.25, 0.3) is 0 Å². The first-order valence-corrected chi connectivity index (χ1v) is 5.54. The molecule has 3 nitrogen and oxygen atoms in total. The summed E-state index contributed by atoms with van der Waals surface area (Å²) < 4.78 is 0. The molecular formula is C13H14N2O. The van der Waals surface area contributed by atoms with Crippen LogP contribution >= 0.6 is 0 Å². The Labute approximate surface area is 95.3 Å². The third-order valence-electron chi connectivity index (χ3n) is 2.97. The van der Waals surface area contributed by atoms with Gasteiger partial charge in [-0.1, -0.05) is 25.1 Å². The van der Waals surface area contributed by atoms with E-state index < -0.39 is 0 Å². The molecule has 1 heterocycles. The van der Waals surface area contributed by atoms with Crippen molar-refractivity contribution in [2.45, 2.75) is 19.8 Å². The molecule has 0 N–H and O–H groups in total. The van der Waals surface area contributed by atoms with Crippen LogP contribution in [0.4, 0.5) is 5.69 Å². The summed E-state index contributed by atoms with van der Waals surface area (Å²) in [6.07, 6.45) is 1.26. The fraction of sp³-hybridized carbons (Fsp3) is 0.385. The van der Waals surface area contributed by atoms with E-state index in [0.29, 0.717) is 13.0 Å². The monoisotopic (exact) mass is 214 g/mol. The minimum Gasteiger partial charge on any atom is -0.311 e. The largest absolute Gasteiger partial charge is 0.311 e. The van der Waals surface area contributed by atoms with Crippen LogP contribution in [0.3, 0.4) is 0 Å². The molecule has 0 radical (unpaired) electrons. The molecule has 1 aliphatic heterocycles. The van der Waals surface area contributed by atoms with Crippen molar-refractivity contribution < 1.29 is 4.79 Å². The smallest absolute Gasteiger partial charge is 0.228 e. The van der Waals surface area contributed by atoms with E-state index in [9.17, 15) is 4.79 Å². The zero-order valence-electron chi connectivity index (χ0n) is 9.31. The first kappa shape index (κ1) is 10.7. The third kappa shape index (κ3) is 1.79. The van der Waals surface area contributed by atoms with E-state index >= 15 is 0 Å². The number of amides is 1. The number of nitrogens with zero attached hydrogens (tertiary/aromatic N) is 2. The quantitative estimate of drug-likeness (QED) is 0.757. The lowest BCUT2D eigenvalue weighted by Gasteiger charge is -2.19. The molecule has 16 heavy (non-hydrogen) atoms. The van der Waals surface area contributed by atoms with Gasteiger partial charge in [0.05, 0.1) is 12.0 Å². The second-order valence-electron chi connectivity index (χ2n) is 4.02. The van der Waals surface area contributed by atoms with E-state index in [0.717, 1.165) is 17.7 Å². The maximum absolute atomic E-state index is 11.8. The number of hydrogen-bond donors (Lipinski definition) is 0. The van der Waals surface area contributed by atoms with Crippen molar-refractivity contribution >= 4 is 11.6 Å². The molecule has 1 unspecified atom stereocenters. The van der Waals surface area contributed by atoms with Gasteiger partial charge < -0.3 is 4.90 Å². The van der Waals surface area contributed by atoms with Crippen molar-refractivity contribution in [3.8, 4) is 6.07 Å². The number of carbonyl (C=O) groups is 1. The Morgan fingerprint density at radius 2 is 2.25 bits per heavy atom. The van der Waals surface area contributed by atoms with Gasteiger partial charge in [-0.15, -0.1) is 0 Å². The predicted molar refractivity (Wildman–Crippen MR) is 61.9 cm³/mol. The summed E-state index contributed by atoms with van der Waals surface area (Å²) >= 11 is 0. The van der Waals surface area contributed by atoms with Crippen LogP contribution < -0.4 is 4.90 Å². The molecule has 0 aromatic heterocycles. The first-order chi connectivity index (χ1) is 7.76. The van der Waals surface area contributed by atoms with Gasteiger partial charge in [0.2, 0.25) is 5.91 Å². The van der Waals surface area contributed by atoms with E-state index in [2.05, 4.69) is 13.0 Å². The van der Waals surface area contributed by atoms with Crippen molar-refractivity contribution in [2.75, 3.05) is 11.4 Å². The van der Waals surface area contributed by atoms with Gasteiger partial charge in [0.1, 0.15) is 0 Å². The average molecular weight is 214 g/mol. The first-order valence-electron chi connectivity index (χ1n) is 5.54. The number of hydrogen-bond acceptors (Lipinski definition) is 2. The molecule has 2 rings (SSSR count). The van der Waals surface area contributed by atoms with Gasteiger partial charge in [-0.05, 0) is 18.1 Å². The molecule has 1 fully saturated rings. The lowest BCUT2D eigenvalue weighted by atomic mass is 10.1. The second-order valence-corrected chi connectivity index (χ2v) is 4.02. The van der Waals surface area contributed by atoms with Crippen molar-refractivity contribution in [1.82, 2.24) is 0 Å². The maximum atomic E-state index is 11.8. The van der Waals surface area contributed by atoms with E-state index in [1.165, 1.54) is 0 Å². The summed E-state index contributed by atoms with van der Waals surface area (Å²) in [5, 5.41) is 8.85. The zero-order chi connectivity index (χ0) is 11.5. The van der Waals surface area contributed by atoms with Crippen LogP contribution in [0.1, 0.15) is 18.9 Å². The Bertz CT molecular complexity index is 447. The molecular weight excluding hydrogens is 200 g/mol. The van der Waals surface area contributed by atoms with Gasteiger partial charge >= 0.3 is 0 Å². The highest BCUT2D eigenvalue weighted by Crippen LogP contribution is 2.27. The zero-order valence-corrected chi connectivity index (χ0v) is 9.31. The molecule has 1 aliphatic rings. The van der Waals surface area contributed by atoms with Gasteiger partial charge in [-0.2, -0.15) is 5.26 Å². The summed E-state index contributed by atoms with van der Waals surface area (Å²) in [6.45, 7) is 2.60. The van der Waals surface area contributed by atoms with Crippen LogP contribution in [0.15, 0.2) is 24.3 Å². The average Bonchev–Trinajstić information content (AvgIpc) is 2.70. The van der Waals surface area contributed by atoms with Gasteiger partial charge in [0, 0.05) is 18.7 Å².